The van der Waals surface area contributed by atoms with E-state index in [0.717, 1.165) is 64.5 Å². The summed E-state index contributed by atoms with van der Waals surface area (Å²) in [5.41, 5.74) is 6.07. The zero-order chi connectivity index (χ0) is 50.7. The van der Waals surface area contributed by atoms with Crippen LogP contribution in [-0.4, -0.2) is 172 Å². The van der Waals surface area contributed by atoms with Crippen LogP contribution in [0.4, 0.5) is 5.69 Å². The molecule has 4 aromatic rings. The molecular weight excluding hydrogens is 927 g/mol. The minimum absolute atomic E-state index is 0.0567. The summed E-state index contributed by atoms with van der Waals surface area (Å²) in [5.74, 6) is -0.931. The maximum absolute atomic E-state index is 13.2. The number of amides is 5. The number of nitrogens with zero attached hydrogens (tertiary/aromatic N) is 3. The van der Waals surface area contributed by atoms with E-state index in [1.807, 2.05) is 41.3 Å². The molecule has 0 aliphatic carbocycles. The molecule has 3 heterocycles. The Kier molecular flexibility index (Phi) is 20.1. The van der Waals surface area contributed by atoms with E-state index in [9.17, 15) is 34.2 Å². The molecule has 3 aliphatic heterocycles. The molecule has 0 saturated carbocycles. The van der Waals surface area contributed by atoms with Crippen molar-refractivity contribution in [1.82, 2.24) is 20.0 Å². The average Bonchev–Trinajstić information content (AvgIpc) is 3.64. The number of phenols is 2. The average molecular weight is 992 g/mol. The molecule has 1 unspecified atom stereocenters. The predicted octanol–water partition coefficient (Wildman–Crippen LogP) is 4.98. The molecule has 0 spiro atoms. The van der Waals surface area contributed by atoms with Crippen molar-refractivity contribution >= 4 is 46.4 Å². The predicted molar refractivity (Wildman–Crippen MR) is 268 cm³/mol. The van der Waals surface area contributed by atoms with E-state index in [1.54, 1.807) is 42.5 Å². The Hall–Kier alpha value is -6.67. The fourth-order valence-electron chi connectivity index (χ4n) is 8.78. The van der Waals surface area contributed by atoms with E-state index in [0.29, 0.717) is 104 Å². The lowest BCUT2D eigenvalue weighted by atomic mass is 9.88. The van der Waals surface area contributed by atoms with Crippen molar-refractivity contribution in [3.05, 3.63) is 119 Å². The number of benzene rings is 4. The van der Waals surface area contributed by atoms with Gasteiger partial charge >= 0.3 is 0 Å². The number of hydrogen-bond acceptors (Lipinski definition) is 15. The smallest absolute Gasteiger partial charge is 0.264 e. The Morgan fingerprint density at radius 2 is 1.21 bits per heavy atom. The van der Waals surface area contributed by atoms with Gasteiger partial charge < -0.3 is 48.9 Å². The van der Waals surface area contributed by atoms with E-state index < -0.39 is 29.7 Å². The first-order valence-corrected chi connectivity index (χ1v) is 24.6. The van der Waals surface area contributed by atoms with Gasteiger partial charge in [0.15, 0.2) is 0 Å². The van der Waals surface area contributed by atoms with Gasteiger partial charge in [0.25, 0.3) is 11.8 Å². The highest BCUT2D eigenvalue weighted by atomic mass is 16.6. The molecule has 384 valence electrons. The number of phenolic OH excluding ortho intramolecular Hbond substituents is 2. The molecular formula is C54H65N5O13. The minimum Gasteiger partial charge on any atom is -0.508 e. The van der Waals surface area contributed by atoms with E-state index in [1.165, 1.54) is 0 Å². The maximum Gasteiger partial charge on any atom is 0.264 e. The molecule has 1 atom stereocenters. The molecule has 4 aromatic carbocycles. The van der Waals surface area contributed by atoms with Crippen LogP contribution in [0.15, 0.2) is 91.0 Å². The number of imide groups is 2. The van der Waals surface area contributed by atoms with Crippen LogP contribution in [-0.2, 0) is 38.1 Å². The van der Waals surface area contributed by atoms with Crippen molar-refractivity contribution in [3.8, 4) is 17.2 Å². The lowest BCUT2D eigenvalue weighted by molar-refractivity contribution is -0.136. The van der Waals surface area contributed by atoms with Crippen molar-refractivity contribution in [3.63, 3.8) is 0 Å². The fourth-order valence-corrected chi connectivity index (χ4v) is 8.78. The second kappa shape index (κ2) is 27.2. The zero-order valence-corrected chi connectivity index (χ0v) is 40.8. The first kappa shape index (κ1) is 53.1. The molecule has 0 radical (unpaired) electrons. The Labute approximate surface area is 419 Å². The number of piperidine rings is 1. The molecule has 4 N–H and O–H groups in total. The molecule has 2 fully saturated rings. The van der Waals surface area contributed by atoms with Gasteiger partial charge in [-0.25, -0.2) is 0 Å². The van der Waals surface area contributed by atoms with Gasteiger partial charge in [-0.3, -0.25) is 39.1 Å². The number of carbonyl (C=O) groups is 5. The third-order valence-corrected chi connectivity index (χ3v) is 12.5. The summed E-state index contributed by atoms with van der Waals surface area (Å²) in [7, 11) is 0. The lowest BCUT2D eigenvalue weighted by Gasteiger charge is -2.34. The van der Waals surface area contributed by atoms with Crippen molar-refractivity contribution in [2.24, 2.45) is 0 Å². The summed E-state index contributed by atoms with van der Waals surface area (Å²) >= 11 is 0. The highest BCUT2D eigenvalue weighted by Crippen LogP contribution is 2.36. The largest absolute Gasteiger partial charge is 0.508 e. The molecule has 7 rings (SSSR count). The first-order chi connectivity index (χ1) is 35.1. The van der Waals surface area contributed by atoms with Crippen LogP contribution in [0.5, 0.6) is 17.2 Å². The third kappa shape index (κ3) is 14.7. The van der Waals surface area contributed by atoms with Crippen molar-refractivity contribution in [2.75, 3.05) is 117 Å². The summed E-state index contributed by atoms with van der Waals surface area (Å²) in [5, 5.41) is 25.2. The Morgan fingerprint density at radius 3 is 1.79 bits per heavy atom. The molecule has 0 aromatic heterocycles. The van der Waals surface area contributed by atoms with Crippen molar-refractivity contribution in [1.29, 1.82) is 0 Å². The molecule has 0 bridgehead atoms. The number of rotatable bonds is 28. The SMILES string of the molecule is CCC(=C(c1ccc(O)cc1)c1ccc(OCCN2CCN(C(=O)CCOCCOCCOCCOCCOCCNc3cccc4c3C(=O)N(C3CCC(=O)NC3=O)C4=O)CC2)cc1)c1ccc(O)cc1. The second-order valence-corrected chi connectivity index (χ2v) is 17.3. The van der Waals surface area contributed by atoms with Gasteiger partial charge in [-0.2, -0.15) is 0 Å². The normalized spacial score (nSPS) is 16.4. The van der Waals surface area contributed by atoms with Crippen molar-refractivity contribution in [2.45, 2.75) is 38.6 Å². The number of fused-ring (bicyclic) bond motifs is 1. The Bertz CT molecular complexity index is 2470. The number of hydrogen-bond donors (Lipinski definition) is 4. The third-order valence-electron chi connectivity index (χ3n) is 12.5. The number of anilines is 1. The van der Waals surface area contributed by atoms with Crippen LogP contribution in [0.1, 0.15) is 70.0 Å². The summed E-state index contributed by atoms with van der Waals surface area (Å²) in [4.78, 5) is 68.1. The lowest BCUT2D eigenvalue weighted by Crippen LogP contribution is -2.54. The number of aromatic hydroxyl groups is 2. The van der Waals surface area contributed by atoms with Crippen LogP contribution in [0.25, 0.3) is 11.1 Å². The van der Waals surface area contributed by atoms with E-state index in [2.05, 4.69) is 34.6 Å². The highest BCUT2D eigenvalue weighted by Gasteiger charge is 2.45. The first-order valence-electron chi connectivity index (χ1n) is 24.6. The number of allylic oxidation sites excluding steroid dienone is 1. The number of ether oxygens (including phenoxy) is 6. The summed E-state index contributed by atoms with van der Waals surface area (Å²) < 4.78 is 34.1. The van der Waals surface area contributed by atoms with E-state index in [-0.39, 0.29) is 41.4 Å². The van der Waals surface area contributed by atoms with Gasteiger partial charge in [-0.1, -0.05) is 49.4 Å². The van der Waals surface area contributed by atoms with E-state index >= 15 is 0 Å². The van der Waals surface area contributed by atoms with Crippen LogP contribution < -0.4 is 15.4 Å². The number of carbonyl (C=O) groups excluding carboxylic acids is 5. The molecule has 2 saturated heterocycles. The monoisotopic (exact) mass is 991 g/mol. The summed E-state index contributed by atoms with van der Waals surface area (Å²) in [6, 6.07) is 26.4. The number of piperazine rings is 1. The Morgan fingerprint density at radius 1 is 0.653 bits per heavy atom. The van der Waals surface area contributed by atoms with Gasteiger partial charge in [0.05, 0.1) is 83.6 Å². The minimum atomic E-state index is -1.02. The molecule has 3 aliphatic rings. The topological polar surface area (TPSA) is 215 Å². The van der Waals surface area contributed by atoms with Gasteiger partial charge in [-0.05, 0) is 89.2 Å². The summed E-state index contributed by atoms with van der Waals surface area (Å²) in [6.45, 7) is 10.4. The van der Waals surface area contributed by atoms with Gasteiger partial charge in [0.1, 0.15) is 29.9 Å². The molecule has 18 heteroatoms. The standard InChI is InChI=1S/C54H65N5O13/c1-2-44(38-6-12-41(60)13-7-38)50(39-8-14-42(61)15-9-39)40-10-16-43(17-11-40)72-29-26-57-22-24-58(25-23-57)49(63)20-27-67-30-32-69-34-36-71-37-35-70-33-31-68-28-21-55-46-5-3-4-45-51(46)54(66)59(53(45)65)47-18-19-48(62)56-52(47)64/h3-17,47,55,60-61H,2,18-37H2,1H3,(H,56,62,64). The van der Waals surface area contributed by atoms with E-state index in [4.69, 9.17) is 28.4 Å². The summed E-state index contributed by atoms with van der Waals surface area (Å²) in [6.07, 6.45) is 1.23. The maximum atomic E-state index is 13.2. The second-order valence-electron chi connectivity index (χ2n) is 17.3. The quantitative estimate of drug-likeness (QED) is 0.0336. The number of nitrogens with one attached hydrogen (secondary N) is 2. The van der Waals surface area contributed by atoms with Crippen LogP contribution >= 0.6 is 0 Å². The molecule has 18 nitrogen and oxygen atoms in total. The van der Waals surface area contributed by atoms with Gasteiger partial charge in [0, 0.05) is 51.4 Å². The van der Waals surface area contributed by atoms with Gasteiger partial charge in [-0.15, -0.1) is 0 Å². The van der Waals surface area contributed by atoms with Crippen LogP contribution in [0, 0.1) is 0 Å². The molecule has 72 heavy (non-hydrogen) atoms. The van der Waals surface area contributed by atoms with Crippen LogP contribution in [0.2, 0.25) is 0 Å². The highest BCUT2D eigenvalue weighted by molar-refractivity contribution is 6.25. The zero-order valence-electron chi connectivity index (χ0n) is 40.8. The fraction of sp³-hybridized carbons (Fsp3) is 0.426. The van der Waals surface area contributed by atoms with Gasteiger partial charge in [0.2, 0.25) is 17.7 Å². The Balaban J connectivity index is 0.666. The van der Waals surface area contributed by atoms with Crippen LogP contribution in [0.3, 0.4) is 0 Å². The van der Waals surface area contributed by atoms with Crippen molar-refractivity contribution < 1.29 is 62.6 Å². The molecule has 5 amide bonds.